The number of nitrogens with one attached hydrogen (secondary N) is 1. The molecule has 0 bridgehead atoms. The molecule has 1 aromatic carbocycles. The van der Waals surface area contributed by atoms with E-state index in [9.17, 15) is 29.4 Å². The number of primary amides is 1. The number of nitrogens with zero attached hydrogens (tertiary/aromatic N) is 2. The van der Waals surface area contributed by atoms with E-state index in [-0.39, 0.29) is 59.9 Å². The molecule has 1 spiro atoms. The zero-order chi connectivity index (χ0) is 28.5. The van der Waals surface area contributed by atoms with Gasteiger partial charge in [-0.1, -0.05) is 0 Å². The SMILES string of the molecule is CN(C)CC(=O)NCc1cc(F)c2c(c1O)C(=O)C1=C3OO[C@]34C(=O)C(C(N)=O)=C(O)[C@@H](N(C)C)[C@@H]4C[C@@H]1C2. The lowest BCUT2D eigenvalue weighted by Crippen LogP contribution is -2.69. The maximum Gasteiger partial charge on any atom is 0.255 e. The first-order valence-corrected chi connectivity index (χ1v) is 12.3. The Labute approximate surface area is 222 Å². The summed E-state index contributed by atoms with van der Waals surface area (Å²) in [5.74, 6) is -6.42. The Bertz CT molecular complexity index is 1400. The number of phenolic OH excluding ortho intramolecular Hbond substituents is 1. The van der Waals surface area contributed by atoms with E-state index in [1.807, 2.05) is 0 Å². The van der Waals surface area contributed by atoms with Gasteiger partial charge in [-0.15, -0.1) is 0 Å². The second-order valence-corrected chi connectivity index (χ2v) is 10.8. The number of ketones is 2. The molecule has 3 aliphatic carbocycles. The molecule has 5 rings (SSSR count). The molecule has 12 nitrogen and oxygen atoms in total. The van der Waals surface area contributed by atoms with Crippen LogP contribution in [0.15, 0.2) is 28.7 Å². The molecule has 1 saturated heterocycles. The van der Waals surface area contributed by atoms with Crippen LogP contribution in [0.1, 0.15) is 27.9 Å². The van der Waals surface area contributed by atoms with Crippen LogP contribution in [0.2, 0.25) is 0 Å². The first-order chi connectivity index (χ1) is 18.3. The number of carbonyl (C=O) groups excluding carboxylic acids is 4. The number of rotatable bonds is 6. The van der Waals surface area contributed by atoms with Crippen molar-refractivity contribution in [3.8, 4) is 5.75 Å². The molecule has 0 unspecified atom stereocenters. The van der Waals surface area contributed by atoms with Crippen molar-refractivity contribution in [2.45, 2.75) is 31.0 Å². The van der Waals surface area contributed by atoms with Crippen LogP contribution >= 0.6 is 0 Å². The number of allylic oxidation sites excluding steroid dienone is 1. The zero-order valence-electron chi connectivity index (χ0n) is 21.8. The van der Waals surface area contributed by atoms with Gasteiger partial charge in [0, 0.05) is 29.2 Å². The minimum absolute atomic E-state index is 0.00379. The van der Waals surface area contributed by atoms with Gasteiger partial charge in [0.15, 0.2) is 11.5 Å². The highest BCUT2D eigenvalue weighted by Gasteiger charge is 2.71. The number of fused-ring (bicyclic) bond motifs is 2. The van der Waals surface area contributed by atoms with E-state index < -0.39 is 63.9 Å². The summed E-state index contributed by atoms with van der Waals surface area (Å²) in [7, 11) is 6.68. The number of nitrogens with two attached hydrogens (primary N) is 1. The van der Waals surface area contributed by atoms with Crippen LogP contribution in [0.4, 0.5) is 4.39 Å². The first kappa shape index (κ1) is 26.8. The number of phenols is 1. The fourth-order valence-corrected chi connectivity index (χ4v) is 6.27. The third kappa shape index (κ3) is 3.75. The Hall–Kier alpha value is -3.81. The summed E-state index contributed by atoms with van der Waals surface area (Å²) in [6.45, 7) is -0.142. The van der Waals surface area contributed by atoms with Crippen molar-refractivity contribution in [2.75, 3.05) is 34.7 Å². The van der Waals surface area contributed by atoms with Gasteiger partial charge in [0.25, 0.3) is 5.91 Å². The van der Waals surface area contributed by atoms with Crippen LogP contribution in [0, 0.1) is 17.7 Å². The van der Waals surface area contributed by atoms with Crippen molar-refractivity contribution < 1.29 is 43.6 Å². The largest absolute Gasteiger partial charge is 0.510 e. The molecule has 0 saturated carbocycles. The van der Waals surface area contributed by atoms with Crippen LogP contribution < -0.4 is 11.1 Å². The number of likely N-dealkylation sites (N-methyl/N-ethyl adjacent to an activating group) is 2. The molecule has 1 aliphatic heterocycles. The molecule has 39 heavy (non-hydrogen) atoms. The fraction of sp³-hybridized carbons (Fsp3) is 0.462. The van der Waals surface area contributed by atoms with E-state index in [0.717, 1.165) is 6.07 Å². The molecule has 1 heterocycles. The summed E-state index contributed by atoms with van der Waals surface area (Å²) in [5.41, 5.74) is 2.67. The summed E-state index contributed by atoms with van der Waals surface area (Å²) in [4.78, 5) is 65.5. The third-order valence-electron chi connectivity index (χ3n) is 7.88. The highest BCUT2D eigenvalue weighted by molar-refractivity contribution is 6.25. The number of benzene rings is 1. The Morgan fingerprint density at radius 2 is 1.92 bits per heavy atom. The standard InChI is InChI=1S/C26H29FN4O8/c1-30(2)9-15(32)29-8-11-7-14(27)12-5-10-6-13-19(31(3)4)22(35)18(25(28)37)23(36)26(13)24(38-39-26)16(10)21(34)17(12)20(11)33/h7,10,13,19,33,35H,5-6,8-9H2,1-4H3,(H2,28,37)(H,29,32)/t10-,13-,19-,26+/m0/s1. The molecule has 1 fully saturated rings. The van der Waals surface area contributed by atoms with Gasteiger partial charge in [-0.3, -0.25) is 24.1 Å². The lowest BCUT2D eigenvalue weighted by atomic mass is 9.58. The van der Waals surface area contributed by atoms with Crippen molar-refractivity contribution in [3.05, 3.63) is 51.2 Å². The van der Waals surface area contributed by atoms with Gasteiger partial charge in [-0.2, -0.15) is 4.89 Å². The summed E-state index contributed by atoms with van der Waals surface area (Å²) in [5, 5.41) is 24.5. The molecule has 4 atom stereocenters. The van der Waals surface area contributed by atoms with Crippen molar-refractivity contribution >= 4 is 23.4 Å². The van der Waals surface area contributed by atoms with Crippen LogP contribution in [-0.2, 0) is 37.1 Å². The summed E-state index contributed by atoms with van der Waals surface area (Å²) >= 11 is 0. The van der Waals surface area contributed by atoms with Crippen LogP contribution in [0.5, 0.6) is 5.75 Å². The van der Waals surface area contributed by atoms with E-state index in [1.165, 1.54) is 0 Å². The number of Topliss-reactive ketones (excluding diaryl/α,β-unsaturated/α-hetero) is 2. The quantitative estimate of drug-likeness (QED) is 0.279. The maximum atomic E-state index is 15.3. The molecular formula is C26H29FN4O8. The number of aliphatic hydroxyl groups excluding tert-OH is 1. The second-order valence-electron chi connectivity index (χ2n) is 10.8. The third-order valence-corrected chi connectivity index (χ3v) is 7.88. The normalized spacial score (nSPS) is 27.4. The second kappa shape index (κ2) is 9.14. The average molecular weight is 545 g/mol. The predicted molar refractivity (Wildman–Crippen MR) is 131 cm³/mol. The van der Waals surface area contributed by atoms with Gasteiger partial charge in [0.2, 0.25) is 17.3 Å². The van der Waals surface area contributed by atoms with E-state index in [1.54, 1.807) is 38.0 Å². The van der Waals surface area contributed by atoms with Gasteiger partial charge in [0.1, 0.15) is 22.9 Å². The highest BCUT2D eigenvalue weighted by Crippen LogP contribution is 2.59. The van der Waals surface area contributed by atoms with Crippen LogP contribution in [0.25, 0.3) is 0 Å². The van der Waals surface area contributed by atoms with Gasteiger partial charge >= 0.3 is 0 Å². The molecule has 4 aliphatic rings. The Morgan fingerprint density at radius 3 is 2.49 bits per heavy atom. The van der Waals surface area contributed by atoms with Crippen molar-refractivity contribution in [1.82, 2.24) is 15.1 Å². The molecule has 13 heteroatoms. The lowest BCUT2D eigenvalue weighted by Gasteiger charge is -2.55. The van der Waals surface area contributed by atoms with Crippen LogP contribution in [-0.4, -0.2) is 89.8 Å². The molecule has 1 aromatic rings. The number of hydrogen-bond acceptors (Lipinski definition) is 10. The zero-order valence-corrected chi connectivity index (χ0v) is 21.8. The molecule has 2 amide bonds. The molecule has 5 N–H and O–H groups in total. The Kier molecular flexibility index (Phi) is 6.28. The summed E-state index contributed by atoms with van der Waals surface area (Å²) in [6.07, 6.45) is 0.116. The summed E-state index contributed by atoms with van der Waals surface area (Å²) < 4.78 is 15.3. The smallest absolute Gasteiger partial charge is 0.255 e. The number of aromatic hydroxyl groups is 1. The molecule has 0 aromatic heterocycles. The van der Waals surface area contributed by atoms with E-state index in [0.29, 0.717) is 0 Å². The summed E-state index contributed by atoms with van der Waals surface area (Å²) in [6, 6.07) is 0.208. The fourth-order valence-electron chi connectivity index (χ4n) is 6.27. The van der Waals surface area contributed by atoms with Gasteiger partial charge < -0.3 is 31.1 Å². The van der Waals surface area contributed by atoms with Gasteiger partial charge in [-0.05, 0) is 53.0 Å². The van der Waals surface area contributed by atoms with Gasteiger partial charge in [-0.25, -0.2) is 4.39 Å². The van der Waals surface area contributed by atoms with E-state index >= 15 is 4.39 Å². The van der Waals surface area contributed by atoms with E-state index in [2.05, 4.69) is 5.32 Å². The molecular weight excluding hydrogens is 515 g/mol. The van der Waals surface area contributed by atoms with Crippen molar-refractivity contribution in [3.63, 3.8) is 0 Å². The first-order valence-electron chi connectivity index (χ1n) is 12.3. The predicted octanol–water partition coefficient (Wildman–Crippen LogP) is -0.151. The Morgan fingerprint density at radius 1 is 1.23 bits per heavy atom. The highest BCUT2D eigenvalue weighted by atomic mass is 19.1. The van der Waals surface area contributed by atoms with Crippen LogP contribution in [0.3, 0.4) is 0 Å². The van der Waals surface area contributed by atoms with Crippen molar-refractivity contribution in [2.24, 2.45) is 17.6 Å². The molecule has 208 valence electrons. The van der Waals surface area contributed by atoms with Crippen molar-refractivity contribution in [1.29, 1.82) is 0 Å². The lowest BCUT2D eigenvalue weighted by molar-refractivity contribution is -0.427. The number of halogens is 1. The number of aliphatic hydroxyl groups is 1. The Balaban J connectivity index is 1.60. The van der Waals surface area contributed by atoms with Gasteiger partial charge in [0.05, 0.1) is 18.2 Å². The number of carbonyl (C=O) groups is 4. The average Bonchev–Trinajstić information content (AvgIpc) is 2.80. The molecule has 0 radical (unpaired) electrons. The minimum Gasteiger partial charge on any atom is -0.510 e. The topological polar surface area (TPSA) is 172 Å². The van der Waals surface area contributed by atoms with E-state index in [4.69, 9.17) is 15.5 Å². The number of hydrogen-bond donors (Lipinski definition) is 4. The monoisotopic (exact) mass is 544 g/mol. The maximum absolute atomic E-state index is 15.3. The minimum atomic E-state index is -1.88. The number of amides is 2.